The average Bonchev–Trinajstić information content (AvgIpc) is 2.11. The van der Waals surface area contributed by atoms with Crippen molar-refractivity contribution in [1.29, 1.82) is 0 Å². The summed E-state index contributed by atoms with van der Waals surface area (Å²) in [5.74, 6) is -1.61. The van der Waals surface area contributed by atoms with Crippen LogP contribution in [0.5, 0.6) is 0 Å². The lowest BCUT2D eigenvalue weighted by Crippen LogP contribution is -2.43. The SMILES string of the molecule is COC(=O)C(CO)NC(=O)/C=C(/C)O. The Morgan fingerprint density at radius 2 is 2.14 bits per heavy atom. The monoisotopic (exact) mass is 203 g/mol. The first-order valence-corrected chi connectivity index (χ1v) is 3.87. The van der Waals surface area contributed by atoms with Crippen LogP contribution in [0.4, 0.5) is 0 Å². The van der Waals surface area contributed by atoms with Crippen LogP contribution in [0.3, 0.4) is 0 Å². The van der Waals surface area contributed by atoms with Crippen molar-refractivity contribution in [3.63, 3.8) is 0 Å². The van der Waals surface area contributed by atoms with Crippen molar-refractivity contribution >= 4 is 11.9 Å². The fraction of sp³-hybridized carbons (Fsp3) is 0.500. The third-order valence-electron chi connectivity index (χ3n) is 1.32. The van der Waals surface area contributed by atoms with E-state index in [1.807, 2.05) is 0 Å². The van der Waals surface area contributed by atoms with Crippen LogP contribution in [0.15, 0.2) is 11.8 Å². The average molecular weight is 203 g/mol. The Bertz CT molecular complexity index is 244. The molecule has 0 radical (unpaired) electrons. The lowest BCUT2D eigenvalue weighted by molar-refractivity contribution is -0.145. The predicted octanol–water partition coefficient (Wildman–Crippen LogP) is -0.902. The second-order valence-corrected chi connectivity index (χ2v) is 2.55. The number of nitrogens with one attached hydrogen (secondary N) is 1. The molecule has 0 aromatic heterocycles. The number of carbonyl (C=O) groups excluding carboxylic acids is 2. The summed E-state index contributed by atoms with van der Waals surface area (Å²) < 4.78 is 4.31. The van der Waals surface area contributed by atoms with E-state index in [9.17, 15) is 9.59 Å². The maximum Gasteiger partial charge on any atom is 0.330 e. The van der Waals surface area contributed by atoms with E-state index in [2.05, 4.69) is 10.1 Å². The van der Waals surface area contributed by atoms with Crippen molar-refractivity contribution in [1.82, 2.24) is 5.32 Å². The minimum atomic E-state index is -1.11. The largest absolute Gasteiger partial charge is 0.512 e. The number of esters is 1. The van der Waals surface area contributed by atoms with Gasteiger partial charge in [-0.1, -0.05) is 0 Å². The van der Waals surface area contributed by atoms with Gasteiger partial charge in [0.25, 0.3) is 0 Å². The molecule has 0 heterocycles. The van der Waals surface area contributed by atoms with Gasteiger partial charge in [0, 0.05) is 6.08 Å². The van der Waals surface area contributed by atoms with Crippen molar-refractivity contribution in [2.24, 2.45) is 0 Å². The Hall–Kier alpha value is -1.56. The Labute approximate surface area is 81.2 Å². The normalized spacial score (nSPS) is 13.2. The third-order valence-corrected chi connectivity index (χ3v) is 1.32. The molecule has 14 heavy (non-hydrogen) atoms. The molecule has 6 nitrogen and oxygen atoms in total. The number of carbonyl (C=O) groups is 2. The van der Waals surface area contributed by atoms with Crippen LogP contribution in [0, 0.1) is 0 Å². The zero-order valence-electron chi connectivity index (χ0n) is 7.98. The van der Waals surface area contributed by atoms with Gasteiger partial charge in [0.2, 0.25) is 5.91 Å². The topological polar surface area (TPSA) is 95.9 Å². The Morgan fingerprint density at radius 1 is 1.57 bits per heavy atom. The van der Waals surface area contributed by atoms with Gasteiger partial charge in [-0.15, -0.1) is 0 Å². The van der Waals surface area contributed by atoms with Crippen molar-refractivity contribution in [2.75, 3.05) is 13.7 Å². The molecule has 0 bridgehead atoms. The van der Waals surface area contributed by atoms with E-state index in [0.29, 0.717) is 0 Å². The second-order valence-electron chi connectivity index (χ2n) is 2.55. The standard InChI is InChI=1S/C8H13NO5/c1-5(11)3-7(12)9-6(4-10)8(13)14-2/h3,6,10-11H,4H2,1-2H3,(H,9,12)/b5-3-. The smallest absolute Gasteiger partial charge is 0.330 e. The number of rotatable bonds is 4. The van der Waals surface area contributed by atoms with E-state index in [0.717, 1.165) is 13.2 Å². The molecule has 0 saturated heterocycles. The van der Waals surface area contributed by atoms with E-state index in [1.54, 1.807) is 0 Å². The molecule has 0 rings (SSSR count). The summed E-state index contributed by atoms with van der Waals surface area (Å²) >= 11 is 0. The molecular weight excluding hydrogens is 190 g/mol. The minimum absolute atomic E-state index is 0.191. The van der Waals surface area contributed by atoms with Gasteiger partial charge in [-0.05, 0) is 6.92 Å². The van der Waals surface area contributed by atoms with E-state index in [1.165, 1.54) is 6.92 Å². The number of aliphatic hydroxyl groups is 2. The summed E-state index contributed by atoms with van der Waals surface area (Å²) in [6, 6.07) is -1.11. The Morgan fingerprint density at radius 3 is 2.50 bits per heavy atom. The van der Waals surface area contributed by atoms with Crippen molar-refractivity contribution in [3.8, 4) is 0 Å². The van der Waals surface area contributed by atoms with Gasteiger partial charge in [0.1, 0.15) is 0 Å². The molecule has 0 aliphatic heterocycles. The fourth-order valence-corrected chi connectivity index (χ4v) is 0.724. The van der Waals surface area contributed by atoms with Gasteiger partial charge < -0.3 is 20.3 Å². The maximum absolute atomic E-state index is 11.0. The highest BCUT2D eigenvalue weighted by atomic mass is 16.5. The van der Waals surface area contributed by atoms with E-state index >= 15 is 0 Å². The van der Waals surface area contributed by atoms with Gasteiger partial charge in [-0.2, -0.15) is 0 Å². The van der Waals surface area contributed by atoms with Crippen LogP contribution in [-0.2, 0) is 14.3 Å². The quantitative estimate of drug-likeness (QED) is 0.312. The van der Waals surface area contributed by atoms with Gasteiger partial charge in [-0.25, -0.2) is 4.79 Å². The first kappa shape index (κ1) is 12.4. The van der Waals surface area contributed by atoms with E-state index in [-0.39, 0.29) is 5.76 Å². The van der Waals surface area contributed by atoms with Gasteiger partial charge >= 0.3 is 5.97 Å². The van der Waals surface area contributed by atoms with Gasteiger partial charge in [0.05, 0.1) is 19.5 Å². The number of methoxy groups -OCH3 is 1. The van der Waals surface area contributed by atoms with Crippen molar-refractivity contribution < 1.29 is 24.5 Å². The van der Waals surface area contributed by atoms with Crippen LogP contribution >= 0.6 is 0 Å². The zero-order valence-corrected chi connectivity index (χ0v) is 7.98. The molecule has 0 saturated carbocycles. The van der Waals surface area contributed by atoms with E-state index < -0.39 is 24.5 Å². The molecule has 1 unspecified atom stereocenters. The fourth-order valence-electron chi connectivity index (χ4n) is 0.724. The van der Waals surface area contributed by atoms with Crippen LogP contribution < -0.4 is 5.32 Å². The molecule has 0 fully saturated rings. The van der Waals surface area contributed by atoms with Gasteiger partial charge in [0.15, 0.2) is 6.04 Å². The lowest BCUT2D eigenvalue weighted by Gasteiger charge is -2.11. The zero-order chi connectivity index (χ0) is 11.1. The highest BCUT2D eigenvalue weighted by molar-refractivity contribution is 5.91. The molecule has 6 heteroatoms. The lowest BCUT2D eigenvalue weighted by atomic mass is 10.3. The number of ether oxygens (including phenoxy) is 1. The van der Waals surface area contributed by atoms with Crippen LogP contribution in [0.25, 0.3) is 0 Å². The second kappa shape index (κ2) is 5.98. The predicted molar refractivity (Wildman–Crippen MR) is 47.4 cm³/mol. The van der Waals surface area contributed by atoms with Crippen molar-refractivity contribution in [2.45, 2.75) is 13.0 Å². The number of hydrogen-bond donors (Lipinski definition) is 3. The molecule has 0 spiro atoms. The van der Waals surface area contributed by atoms with Crippen LogP contribution in [0.2, 0.25) is 0 Å². The summed E-state index contributed by atoms with van der Waals surface area (Å²) in [5.41, 5.74) is 0. The summed E-state index contributed by atoms with van der Waals surface area (Å²) in [5, 5.41) is 19.6. The summed E-state index contributed by atoms with van der Waals surface area (Å²) in [4.78, 5) is 21.9. The highest BCUT2D eigenvalue weighted by Crippen LogP contribution is 1.89. The maximum atomic E-state index is 11.0. The molecular formula is C8H13NO5. The number of hydrogen-bond acceptors (Lipinski definition) is 5. The Balaban J connectivity index is 4.26. The summed E-state index contributed by atoms with van der Waals surface area (Å²) in [7, 11) is 1.14. The Kier molecular flexibility index (Phi) is 5.31. The van der Waals surface area contributed by atoms with Gasteiger partial charge in [-0.3, -0.25) is 4.79 Å². The number of aliphatic hydroxyl groups excluding tert-OH is 2. The molecule has 1 amide bonds. The molecule has 0 aromatic carbocycles. The van der Waals surface area contributed by atoms with Crippen LogP contribution in [0.1, 0.15) is 6.92 Å². The molecule has 0 aliphatic rings. The third kappa shape index (κ3) is 4.46. The number of allylic oxidation sites excluding steroid dienone is 1. The highest BCUT2D eigenvalue weighted by Gasteiger charge is 2.19. The molecule has 3 N–H and O–H groups in total. The van der Waals surface area contributed by atoms with Crippen LogP contribution in [-0.4, -0.2) is 41.8 Å². The first-order valence-electron chi connectivity index (χ1n) is 3.87. The molecule has 0 aromatic rings. The molecule has 1 atom stereocenters. The number of amides is 1. The first-order chi connectivity index (χ1) is 6.51. The summed E-state index contributed by atoms with van der Waals surface area (Å²) in [6.45, 7) is 0.752. The molecule has 0 aliphatic carbocycles. The van der Waals surface area contributed by atoms with Crippen molar-refractivity contribution in [3.05, 3.63) is 11.8 Å². The minimum Gasteiger partial charge on any atom is -0.512 e. The van der Waals surface area contributed by atoms with E-state index in [4.69, 9.17) is 10.2 Å². The summed E-state index contributed by atoms with van der Waals surface area (Å²) in [6.07, 6.45) is 0.894. The molecule has 80 valence electrons.